The summed E-state index contributed by atoms with van der Waals surface area (Å²) in [5.41, 5.74) is 2.24. The second-order valence-corrected chi connectivity index (χ2v) is 8.07. The molecule has 4 nitrogen and oxygen atoms in total. The lowest BCUT2D eigenvalue weighted by Crippen LogP contribution is -2.07. The summed E-state index contributed by atoms with van der Waals surface area (Å²) in [5.74, 6) is 0. The zero-order chi connectivity index (χ0) is 17.6. The summed E-state index contributed by atoms with van der Waals surface area (Å²) >= 11 is 15.6. The van der Waals surface area contributed by atoms with Gasteiger partial charge in [0.05, 0.1) is 22.9 Å². The molecule has 124 valence electrons. The van der Waals surface area contributed by atoms with Crippen LogP contribution in [0.25, 0.3) is 31.9 Å². The molecule has 0 N–H and O–H groups in total. The predicted molar refractivity (Wildman–Crippen MR) is 104 cm³/mol. The van der Waals surface area contributed by atoms with E-state index in [1.165, 1.54) is 22.7 Å². The Morgan fingerprint density at radius 1 is 0.800 bits per heavy atom. The van der Waals surface area contributed by atoms with Crippen LogP contribution in [0.5, 0.6) is 0 Å². The Kier molecular flexibility index (Phi) is 4.43. The van der Waals surface area contributed by atoms with E-state index in [0.717, 1.165) is 21.5 Å². The third-order valence-corrected chi connectivity index (χ3v) is 6.32. The maximum Gasteiger partial charge on any atom is 0.253 e. The van der Waals surface area contributed by atoms with Gasteiger partial charge in [0.1, 0.15) is 11.0 Å². The Hall–Kier alpha value is -1.64. The van der Waals surface area contributed by atoms with Crippen molar-refractivity contribution in [1.82, 2.24) is 8.75 Å². The molecule has 4 aromatic rings. The first-order valence-electron chi connectivity index (χ1n) is 6.89. The smallest absolute Gasteiger partial charge is 0.253 e. The van der Waals surface area contributed by atoms with E-state index in [9.17, 15) is 9.59 Å². The fourth-order valence-corrected chi connectivity index (χ4v) is 5.21. The molecule has 1 aromatic carbocycles. The fourth-order valence-electron chi connectivity index (χ4n) is 2.72. The van der Waals surface area contributed by atoms with Gasteiger partial charge in [-0.15, -0.1) is 22.7 Å². The Labute approximate surface area is 164 Å². The highest BCUT2D eigenvalue weighted by Gasteiger charge is 2.30. The number of carbonyl (C=O) groups excluding carboxylic acids is 2. The fraction of sp³-hybridized carbons (Fsp3) is 0. The van der Waals surface area contributed by atoms with Gasteiger partial charge in [-0.25, -0.2) is 0 Å². The molecule has 3 aromatic heterocycles. The molecular weight excluding hydrogens is 419 g/mol. The number of carbonyl (C=O) groups is 2. The van der Waals surface area contributed by atoms with Crippen LogP contribution >= 0.6 is 57.6 Å². The van der Waals surface area contributed by atoms with Crippen molar-refractivity contribution in [2.75, 3.05) is 0 Å². The van der Waals surface area contributed by atoms with Gasteiger partial charge in [-0.1, -0.05) is 12.1 Å². The number of aromatic nitrogens is 2. The summed E-state index contributed by atoms with van der Waals surface area (Å²) in [7, 11) is 0. The molecule has 9 heteroatoms. The van der Waals surface area contributed by atoms with E-state index in [0.29, 0.717) is 22.2 Å². The number of nitrogens with zero attached hydrogens (tertiary/aromatic N) is 2. The molecule has 0 bridgehead atoms. The molecule has 0 aliphatic carbocycles. The molecule has 0 fully saturated rings. The molecule has 0 saturated carbocycles. The third kappa shape index (κ3) is 2.72. The Morgan fingerprint density at radius 2 is 1.24 bits per heavy atom. The van der Waals surface area contributed by atoms with Gasteiger partial charge in [0, 0.05) is 20.9 Å². The molecule has 0 spiro atoms. The number of rotatable bonds is 4. The lowest BCUT2D eigenvalue weighted by atomic mass is 9.93. The van der Waals surface area contributed by atoms with E-state index in [-0.39, 0.29) is 11.1 Å². The van der Waals surface area contributed by atoms with E-state index in [4.69, 9.17) is 23.2 Å². The van der Waals surface area contributed by atoms with Gasteiger partial charge < -0.3 is 0 Å². The molecule has 0 unspecified atom stereocenters. The van der Waals surface area contributed by atoms with Crippen molar-refractivity contribution < 1.29 is 9.59 Å². The SMILES string of the molecule is O=C(Cl)c1c(C(=O)Cl)c(-c2cccs2)c2nsnc2c1-c1cccs1. The molecule has 0 aliphatic rings. The van der Waals surface area contributed by atoms with Crippen molar-refractivity contribution in [3.8, 4) is 20.9 Å². The average molecular weight is 425 g/mol. The summed E-state index contributed by atoms with van der Waals surface area (Å²) in [6.45, 7) is 0. The van der Waals surface area contributed by atoms with Gasteiger partial charge in [0.25, 0.3) is 10.5 Å². The quantitative estimate of drug-likeness (QED) is 0.382. The van der Waals surface area contributed by atoms with Gasteiger partial charge in [-0.3, -0.25) is 9.59 Å². The minimum atomic E-state index is -0.750. The summed E-state index contributed by atoms with van der Waals surface area (Å²) < 4.78 is 8.73. The summed E-state index contributed by atoms with van der Waals surface area (Å²) in [4.78, 5) is 26.1. The van der Waals surface area contributed by atoms with Gasteiger partial charge in [0.2, 0.25) is 0 Å². The maximum atomic E-state index is 12.3. The monoisotopic (exact) mass is 424 g/mol. The highest BCUT2D eigenvalue weighted by Crippen LogP contribution is 2.44. The molecule has 0 radical (unpaired) electrons. The molecule has 4 rings (SSSR count). The van der Waals surface area contributed by atoms with Gasteiger partial charge >= 0.3 is 0 Å². The standard InChI is InChI=1S/C16H6Cl2N2O2S3/c17-15(21)11-9(7-3-1-5-23-7)13-14(20-25-19-13)10(12(11)16(18)22)8-4-2-6-24-8/h1-6H. The van der Waals surface area contributed by atoms with Gasteiger partial charge in [0.15, 0.2) is 0 Å². The van der Waals surface area contributed by atoms with Gasteiger partial charge in [-0.05, 0) is 46.1 Å². The van der Waals surface area contributed by atoms with Crippen LogP contribution in [0.4, 0.5) is 0 Å². The number of halogens is 2. The summed E-state index contributed by atoms with van der Waals surface area (Å²) in [6, 6.07) is 7.39. The van der Waals surface area contributed by atoms with E-state index < -0.39 is 10.5 Å². The van der Waals surface area contributed by atoms with Gasteiger partial charge in [-0.2, -0.15) is 8.75 Å². The molecule has 0 saturated heterocycles. The van der Waals surface area contributed by atoms with Crippen LogP contribution in [-0.2, 0) is 0 Å². The highest BCUT2D eigenvalue weighted by atomic mass is 35.5. The molecule has 3 heterocycles. The van der Waals surface area contributed by atoms with Crippen molar-refractivity contribution in [3.05, 3.63) is 46.2 Å². The second kappa shape index (κ2) is 6.59. The minimum absolute atomic E-state index is 0.0766. The summed E-state index contributed by atoms with van der Waals surface area (Å²) in [6.07, 6.45) is 0. The lowest BCUT2D eigenvalue weighted by molar-refractivity contribution is 0.105. The molecule has 25 heavy (non-hydrogen) atoms. The zero-order valence-corrected chi connectivity index (χ0v) is 16.1. The normalized spacial score (nSPS) is 11.1. The Morgan fingerprint density at radius 3 is 1.56 bits per heavy atom. The highest BCUT2D eigenvalue weighted by molar-refractivity contribution is 7.14. The van der Waals surface area contributed by atoms with E-state index >= 15 is 0 Å². The number of fused-ring (bicyclic) bond motifs is 1. The minimum Gasteiger partial charge on any atom is -0.276 e. The maximum absolute atomic E-state index is 12.3. The van der Waals surface area contributed by atoms with Crippen LogP contribution in [0.15, 0.2) is 35.0 Å². The first-order chi connectivity index (χ1) is 12.1. The van der Waals surface area contributed by atoms with Crippen LogP contribution < -0.4 is 0 Å². The first-order valence-corrected chi connectivity index (χ1v) is 10.1. The van der Waals surface area contributed by atoms with Crippen LogP contribution in [0, 0.1) is 0 Å². The third-order valence-electron chi connectivity index (χ3n) is 3.64. The Balaban J connectivity index is 2.26. The van der Waals surface area contributed by atoms with Crippen LogP contribution in [0.3, 0.4) is 0 Å². The number of hydrogen-bond donors (Lipinski definition) is 0. The first kappa shape index (κ1) is 16.8. The van der Waals surface area contributed by atoms with Crippen LogP contribution in [-0.4, -0.2) is 19.2 Å². The zero-order valence-electron chi connectivity index (χ0n) is 12.2. The molecule has 0 aliphatic heterocycles. The topological polar surface area (TPSA) is 59.9 Å². The van der Waals surface area contributed by atoms with Crippen LogP contribution in [0.1, 0.15) is 20.7 Å². The van der Waals surface area contributed by atoms with Crippen molar-refractivity contribution >= 4 is 79.1 Å². The van der Waals surface area contributed by atoms with Crippen molar-refractivity contribution in [1.29, 1.82) is 0 Å². The molecule has 0 atom stereocenters. The van der Waals surface area contributed by atoms with E-state index in [1.54, 1.807) is 0 Å². The lowest BCUT2D eigenvalue weighted by Gasteiger charge is -2.13. The predicted octanol–water partition coefficient (Wildman–Crippen LogP) is 5.91. The summed E-state index contributed by atoms with van der Waals surface area (Å²) in [5, 5.41) is 2.25. The average Bonchev–Trinajstić information content (AvgIpc) is 3.32. The largest absolute Gasteiger partial charge is 0.276 e. The number of thiophene rings is 2. The van der Waals surface area contributed by atoms with Crippen molar-refractivity contribution in [3.63, 3.8) is 0 Å². The number of benzene rings is 1. The van der Waals surface area contributed by atoms with Crippen LogP contribution in [0.2, 0.25) is 0 Å². The van der Waals surface area contributed by atoms with Crippen molar-refractivity contribution in [2.24, 2.45) is 0 Å². The Bertz CT molecular complexity index is 1020. The molecule has 0 amide bonds. The van der Waals surface area contributed by atoms with E-state index in [1.807, 2.05) is 35.0 Å². The van der Waals surface area contributed by atoms with E-state index in [2.05, 4.69) is 8.75 Å². The second-order valence-electron chi connectivity index (χ2n) is 4.96. The molecular formula is C16H6Cl2N2O2S3. The number of hydrogen-bond acceptors (Lipinski definition) is 7. The van der Waals surface area contributed by atoms with Crippen molar-refractivity contribution in [2.45, 2.75) is 0 Å².